The monoisotopic (exact) mass is 1590 g/mol. The van der Waals surface area contributed by atoms with Gasteiger partial charge in [-0.25, -0.2) is 19.3 Å². The number of hydrazine groups is 1. The molecule has 5 heterocycles. The van der Waals surface area contributed by atoms with Gasteiger partial charge in [0.15, 0.2) is 31.8 Å². The highest BCUT2D eigenvalue weighted by atomic mass is 35.5. The summed E-state index contributed by atoms with van der Waals surface area (Å²) in [7, 11) is 1.79. The molecule has 1 aliphatic rings. The second kappa shape index (κ2) is 40.2. The van der Waals surface area contributed by atoms with Crippen LogP contribution in [0.2, 0.25) is 15.1 Å². The van der Waals surface area contributed by atoms with E-state index in [4.69, 9.17) is 53.5 Å². The minimum absolute atomic E-state index is 0.122. The maximum absolute atomic E-state index is 14.1. The van der Waals surface area contributed by atoms with Crippen LogP contribution in [-0.4, -0.2) is 98.7 Å². The number of hydrogen-bond acceptors (Lipinski definition) is 18. The Morgan fingerprint density at radius 2 is 1.44 bits per heavy atom. The summed E-state index contributed by atoms with van der Waals surface area (Å²) in [5, 5.41) is 33.7. The fourth-order valence-corrected chi connectivity index (χ4v) is 16.7. The fraction of sp³-hybridized carbons (Fsp3) is 0.416. The Kier molecular flexibility index (Phi) is 30.7. The summed E-state index contributed by atoms with van der Waals surface area (Å²) in [5.74, 6) is 3.67. The van der Waals surface area contributed by atoms with Crippen LogP contribution >= 0.6 is 81.4 Å². The van der Waals surface area contributed by atoms with Crippen LogP contribution in [0.1, 0.15) is 180 Å². The van der Waals surface area contributed by atoms with Gasteiger partial charge in [-0.1, -0.05) is 248 Å². The topological polar surface area (TPSA) is 236 Å². The summed E-state index contributed by atoms with van der Waals surface area (Å²) in [5.41, 5.74) is 10.1. The average Bonchev–Trinajstić information content (AvgIpc) is 1.63. The molecule has 4 N–H and O–H groups in total. The number of carbonyl (C=O) groups is 2. The number of anilines is 3. The standard InChI is InChI=1S/C46H69N7O4S4.C31H25Cl3N8O2S/c1-8-10-11-12-13-14-15-16-17-18-19-20-21-22-23-24-31-55-39-30-27-36(46(4,5)6)32-40(39)57-61(54)52-34(3)42-47-48-43-41(38(9-2)51-53(42)43)56-37-28-25-35(26-29-37)33-59-45-50-49-44(58-7)60-45;1-3-40(31(44)42-24-9-5-4-8-22(24)37-39-42)25-10-6-7-11-27(25)45-28-29(36-23-17-19(35-2)13-15-20(23)33)38-41(30(28)43)26-16-18(32)12-14-21(26)34/h25-30,32,34,51-52H,8-24,31,33H2,1-7H3;4-17,28,35H,3H2,1-2H3,(H,36,38). The molecule has 0 aliphatic carbocycles. The number of fused-ring (bicyclic) bond motifs is 2. The van der Waals surface area contributed by atoms with Gasteiger partial charge in [-0.2, -0.15) is 13.6 Å². The molecular formula is C77H94Cl3N15O6S5. The molecule has 106 heavy (non-hydrogen) atoms. The van der Waals surface area contributed by atoms with E-state index in [1.165, 1.54) is 111 Å². The predicted molar refractivity (Wildman–Crippen MR) is 438 cm³/mol. The smallest absolute Gasteiger partial charge is 0.351 e. The van der Waals surface area contributed by atoms with Crippen LogP contribution in [0.5, 0.6) is 23.0 Å². The summed E-state index contributed by atoms with van der Waals surface area (Å²) < 4.78 is 40.3. The number of aromatic amines is 1. The Bertz CT molecular complexity index is 4590. The highest BCUT2D eigenvalue weighted by Gasteiger charge is 2.41. The van der Waals surface area contributed by atoms with Crippen LogP contribution in [0, 0.1) is 0 Å². The van der Waals surface area contributed by atoms with Crippen molar-refractivity contribution in [1.29, 1.82) is 0 Å². The molecule has 29 heteroatoms. The van der Waals surface area contributed by atoms with Crippen molar-refractivity contribution < 1.29 is 27.5 Å². The quantitative estimate of drug-likeness (QED) is 0.0209. The molecule has 21 nitrogen and oxygen atoms in total. The van der Waals surface area contributed by atoms with E-state index in [-0.39, 0.29) is 17.4 Å². The zero-order valence-corrected chi connectivity index (χ0v) is 67.8. The Morgan fingerprint density at radius 3 is 2.12 bits per heavy atom. The van der Waals surface area contributed by atoms with Crippen molar-refractivity contribution in [3.8, 4) is 23.0 Å². The first kappa shape index (κ1) is 81.1. The fourth-order valence-electron chi connectivity index (χ4n) is 11.9. The van der Waals surface area contributed by atoms with E-state index in [0.717, 1.165) is 49.8 Å². The van der Waals surface area contributed by atoms with E-state index in [0.29, 0.717) is 108 Å². The minimum Gasteiger partial charge on any atom is -0.490 e. The number of nitrogens with zero attached hydrogens (tertiary/aromatic N) is 11. The van der Waals surface area contributed by atoms with Crippen molar-refractivity contribution in [2.75, 3.05) is 41.7 Å². The first-order chi connectivity index (χ1) is 51.4. The van der Waals surface area contributed by atoms with Crippen molar-refractivity contribution in [3.63, 3.8) is 0 Å². The molecule has 1 aliphatic heterocycles. The average molecular weight is 1590 g/mol. The molecular weight excluding hydrogens is 1500 g/mol. The first-order valence-electron chi connectivity index (χ1n) is 36.2. The number of amidine groups is 1. The molecule has 6 aromatic carbocycles. The molecule has 0 spiro atoms. The lowest BCUT2D eigenvalue weighted by molar-refractivity contribution is -0.116. The number of benzene rings is 6. The molecule has 0 bridgehead atoms. The largest absolute Gasteiger partial charge is 0.490 e. The second-order valence-electron chi connectivity index (χ2n) is 26.6. The highest BCUT2D eigenvalue weighted by molar-refractivity contribution is 8.02. The maximum atomic E-state index is 14.1. The van der Waals surface area contributed by atoms with Gasteiger partial charge >= 0.3 is 6.03 Å². The van der Waals surface area contributed by atoms with Gasteiger partial charge in [-0.05, 0) is 134 Å². The minimum atomic E-state index is -1.91. The van der Waals surface area contributed by atoms with Crippen LogP contribution in [0.3, 0.4) is 0 Å². The van der Waals surface area contributed by atoms with E-state index in [9.17, 15) is 13.8 Å². The van der Waals surface area contributed by atoms with Gasteiger partial charge < -0.3 is 19.0 Å². The van der Waals surface area contributed by atoms with E-state index in [1.54, 1.807) is 93.8 Å². The van der Waals surface area contributed by atoms with Crippen LogP contribution in [-0.2, 0) is 33.6 Å². The van der Waals surface area contributed by atoms with Crippen LogP contribution in [0.15, 0.2) is 146 Å². The third-order valence-corrected chi connectivity index (χ3v) is 23.9. The number of para-hydroxylation sites is 2. The molecule has 2 amide bonds. The van der Waals surface area contributed by atoms with Gasteiger partial charge in [0.25, 0.3) is 17.2 Å². The van der Waals surface area contributed by atoms with Crippen molar-refractivity contribution >= 4 is 150 Å². The van der Waals surface area contributed by atoms with Gasteiger partial charge in [0.2, 0.25) is 5.65 Å². The number of aromatic nitrogens is 9. The number of ether oxygens (including phenoxy) is 2. The summed E-state index contributed by atoms with van der Waals surface area (Å²) in [6, 6.07) is 37.9. The number of H-pyrrole nitrogens is 1. The number of halogens is 3. The number of unbranched alkanes of at least 4 members (excludes halogenated alkanes) is 15. The van der Waals surface area contributed by atoms with Gasteiger partial charge in [0.1, 0.15) is 22.4 Å². The van der Waals surface area contributed by atoms with E-state index >= 15 is 0 Å². The van der Waals surface area contributed by atoms with Crippen LogP contribution in [0.25, 0.3) is 16.7 Å². The Morgan fingerprint density at radius 1 is 0.764 bits per heavy atom. The molecule has 4 aromatic heterocycles. The van der Waals surface area contributed by atoms with Gasteiger partial charge in [-0.3, -0.25) is 20.2 Å². The normalized spacial score (nSPS) is 14.0. The number of aliphatic imine (C=N–C) groups is 1. The molecule has 0 saturated carbocycles. The van der Waals surface area contributed by atoms with E-state index < -0.39 is 22.6 Å². The number of nitrogens with one attached hydrogen (secondary N) is 4. The van der Waals surface area contributed by atoms with E-state index in [1.807, 2.05) is 86.8 Å². The molecule has 3 atom stereocenters. The number of thioether (sulfide) groups is 3. The second-order valence-corrected chi connectivity index (χ2v) is 33.1. The highest BCUT2D eigenvalue weighted by Crippen LogP contribution is 2.42. The molecule has 564 valence electrons. The molecule has 10 aromatic rings. The Balaban J connectivity index is 0.000000237. The van der Waals surface area contributed by atoms with Crippen molar-refractivity contribution in [3.05, 3.63) is 165 Å². The van der Waals surface area contributed by atoms with Gasteiger partial charge in [0.05, 0.1) is 51.0 Å². The zero-order chi connectivity index (χ0) is 75.1. The number of aryl methyl sites for hydroxylation is 1. The Labute approximate surface area is 656 Å². The third-order valence-electron chi connectivity index (χ3n) is 17.7. The van der Waals surface area contributed by atoms with Crippen molar-refractivity contribution in [2.24, 2.45) is 4.99 Å². The molecule has 11 rings (SSSR count). The SMILES string of the molecule is CCCCCCCCCCCCCCCCCCOc1ccc(C(C)(C)C)cc1OS(=O)NC(C)c1nnc2c(Oc3ccc(CSc4nnc(SC)s4)cc3)c(CC)[nH]n12.CCN(C(=O)n1nnc2ccccc21)c1ccccc1SC1C(=O)N(c2cc(Cl)ccc2Cl)NC1=Nc1cc(NC)ccc1Cl. The first-order valence-corrected chi connectivity index (χ1v) is 42.4. The lowest BCUT2D eigenvalue weighted by Crippen LogP contribution is -2.36. The summed E-state index contributed by atoms with van der Waals surface area (Å²) in [4.78, 5) is 35.0. The van der Waals surface area contributed by atoms with Crippen molar-refractivity contribution in [2.45, 2.75) is 194 Å². The number of amides is 2. The predicted octanol–water partition coefficient (Wildman–Crippen LogP) is 21.2. The lowest BCUT2D eigenvalue weighted by Gasteiger charge is -2.24. The third kappa shape index (κ3) is 21.9. The van der Waals surface area contributed by atoms with Gasteiger partial charge in [-0.15, -0.1) is 37.3 Å². The van der Waals surface area contributed by atoms with E-state index in [2.05, 4.69) is 104 Å². The lowest BCUT2D eigenvalue weighted by atomic mass is 9.87. The molecule has 3 unspecified atom stereocenters. The summed E-state index contributed by atoms with van der Waals surface area (Å²) in [6.45, 7) is 15.4. The zero-order valence-electron chi connectivity index (χ0n) is 61.5. The number of rotatable bonds is 37. The van der Waals surface area contributed by atoms with Crippen molar-refractivity contribution in [1.82, 2.24) is 55.2 Å². The molecule has 0 radical (unpaired) electrons. The Hall–Kier alpha value is -7.40. The number of carbonyl (C=O) groups excluding carboxylic acids is 2. The maximum Gasteiger partial charge on any atom is 0.351 e. The molecule has 1 saturated heterocycles. The summed E-state index contributed by atoms with van der Waals surface area (Å²) >= 11 is 23.5. The summed E-state index contributed by atoms with van der Waals surface area (Å²) in [6.07, 6.45) is 23.9. The van der Waals surface area contributed by atoms with Crippen LogP contribution in [0.4, 0.5) is 27.5 Å². The van der Waals surface area contributed by atoms with Gasteiger partial charge in [0, 0.05) is 35.0 Å². The number of hydrogen-bond donors (Lipinski definition) is 4. The molecule has 1 fully saturated rings. The van der Waals surface area contributed by atoms with Crippen LogP contribution < -0.4 is 39.0 Å².